The van der Waals surface area contributed by atoms with Gasteiger partial charge >= 0.3 is 0 Å². The molecule has 0 aromatic heterocycles. The molecule has 0 spiro atoms. The largest absolute Gasteiger partial charge is 0.350 e. The molecule has 45 heavy (non-hydrogen) atoms. The third-order valence-electron chi connectivity index (χ3n) is 7.44. The molecule has 4 rings (SSSR count). The van der Waals surface area contributed by atoms with Crippen molar-refractivity contribution in [3.8, 4) is 0 Å². The second kappa shape index (κ2) is 14.3. The minimum atomic E-state index is -4.21. The molecule has 4 aromatic carbocycles. The molecule has 9 heteroatoms. The van der Waals surface area contributed by atoms with Crippen LogP contribution in [0.1, 0.15) is 43.0 Å². The van der Waals surface area contributed by atoms with E-state index in [-0.39, 0.29) is 23.8 Å². The van der Waals surface area contributed by atoms with E-state index < -0.39 is 34.1 Å². The summed E-state index contributed by atoms with van der Waals surface area (Å²) in [5.74, 6) is -0.833. The molecular weight excluding hydrogens is 606 g/mol. The number of rotatable bonds is 11. The Bertz CT molecular complexity index is 1740. The first-order chi connectivity index (χ1) is 21.3. The molecule has 0 aliphatic heterocycles. The van der Waals surface area contributed by atoms with Gasteiger partial charge in [-0.15, -0.1) is 0 Å². The lowest BCUT2D eigenvalue weighted by Crippen LogP contribution is -2.56. The van der Waals surface area contributed by atoms with Gasteiger partial charge in [-0.25, -0.2) is 8.42 Å². The highest BCUT2D eigenvalue weighted by molar-refractivity contribution is 7.92. The van der Waals surface area contributed by atoms with Crippen LogP contribution in [0.2, 0.25) is 5.02 Å². The highest BCUT2D eigenvalue weighted by Crippen LogP contribution is 2.28. The summed E-state index contributed by atoms with van der Waals surface area (Å²) in [7, 11) is -4.21. The van der Waals surface area contributed by atoms with E-state index in [1.54, 1.807) is 25.1 Å². The maximum absolute atomic E-state index is 14.6. The Morgan fingerprint density at radius 2 is 1.38 bits per heavy atom. The van der Waals surface area contributed by atoms with Gasteiger partial charge in [0.25, 0.3) is 10.0 Å². The Kier molecular flexibility index (Phi) is 10.7. The fourth-order valence-electron chi connectivity index (χ4n) is 5.07. The van der Waals surface area contributed by atoms with E-state index >= 15 is 0 Å². The van der Waals surface area contributed by atoms with Gasteiger partial charge < -0.3 is 10.2 Å². The number of sulfonamides is 1. The lowest BCUT2D eigenvalue weighted by molar-refractivity contribution is -0.140. The molecule has 0 heterocycles. The lowest BCUT2D eigenvalue weighted by Gasteiger charge is -2.35. The molecule has 0 fully saturated rings. The average molecular weight is 646 g/mol. The van der Waals surface area contributed by atoms with Crippen molar-refractivity contribution >= 4 is 39.1 Å². The van der Waals surface area contributed by atoms with Crippen molar-refractivity contribution in [1.29, 1.82) is 0 Å². The van der Waals surface area contributed by atoms with E-state index in [9.17, 15) is 18.0 Å². The Labute approximate surface area is 271 Å². The predicted octanol–water partition coefficient (Wildman–Crippen LogP) is 6.71. The number of nitrogens with one attached hydrogen (secondary N) is 1. The third-order valence-corrected chi connectivity index (χ3v) is 9.46. The zero-order chi connectivity index (χ0) is 32.8. The van der Waals surface area contributed by atoms with Gasteiger partial charge in [0.2, 0.25) is 11.8 Å². The van der Waals surface area contributed by atoms with Gasteiger partial charge in [0.15, 0.2) is 0 Å². The van der Waals surface area contributed by atoms with Crippen molar-refractivity contribution in [3.05, 3.63) is 130 Å². The fraction of sp³-hybridized carbons (Fsp3) is 0.278. The number of carbonyl (C=O) groups excluding carboxylic acids is 2. The van der Waals surface area contributed by atoms with Crippen LogP contribution in [0.15, 0.2) is 108 Å². The Morgan fingerprint density at radius 3 is 1.98 bits per heavy atom. The van der Waals surface area contributed by atoms with Crippen LogP contribution in [0.4, 0.5) is 5.69 Å². The molecule has 1 atom stereocenters. The molecule has 0 saturated carbocycles. The Morgan fingerprint density at radius 1 is 0.800 bits per heavy atom. The molecule has 0 bridgehead atoms. The van der Waals surface area contributed by atoms with Crippen LogP contribution in [0.5, 0.6) is 0 Å². The maximum atomic E-state index is 14.6. The lowest BCUT2D eigenvalue weighted by atomic mass is 10.00. The number of hydrogen-bond donors (Lipinski definition) is 1. The second-order valence-corrected chi connectivity index (χ2v) is 14.4. The molecule has 0 aliphatic rings. The summed E-state index contributed by atoms with van der Waals surface area (Å²) in [5.41, 5.74) is 3.17. The van der Waals surface area contributed by atoms with Crippen LogP contribution in [-0.4, -0.2) is 43.3 Å². The maximum Gasteiger partial charge on any atom is 0.264 e. The van der Waals surface area contributed by atoms with E-state index in [1.807, 2.05) is 88.4 Å². The van der Waals surface area contributed by atoms with Gasteiger partial charge in [-0.2, -0.15) is 0 Å². The zero-order valence-electron chi connectivity index (χ0n) is 26.3. The first-order valence-electron chi connectivity index (χ1n) is 14.8. The van der Waals surface area contributed by atoms with Gasteiger partial charge in [0, 0.05) is 23.5 Å². The molecule has 0 saturated heterocycles. The number of hydrogen-bond acceptors (Lipinski definition) is 4. The standard InChI is InChI=1S/C36H40ClN3O4S/c1-26-13-9-11-17-29(26)24-39(33(35(42)38-36(3,4)5)23-28-15-7-6-8-16-28)34(41)25-40(32-18-12-10-14-27(32)2)45(43,44)31-21-19-30(37)20-22-31/h6-22,33H,23-25H2,1-5H3,(H,38,42)/t33-/m1/s1. The van der Waals surface area contributed by atoms with Gasteiger partial charge in [-0.3, -0.25) is 13.9 Å². The molecular formula is C36H40ClN3O4S. The second-order valence-electron chi connectivity index (χ2n) is 12.1. The van der Waals surface area contributed by atoms with E-state index in [4.69, 9.17) is 11.6 Å². The number of para-hydroxylation sites is 1. The van der Waals surface area contributed by atoms with Crippen molar-refractivity contribution in [1.82, 2.24) is 10.2 Å². The van der Waals surface area contributed by atoms with Crippen LogP contribution in [0.3, 0.4) is 0 Å². The van der Waals surface area contributed by atoms with E-state index in [1.165, 1.54) is 29.2 Å². The van der Waals surface area contributed by atoms with Gasteiger partial charge in [0.05, 0.1) is 10.6 Å². The van der Waals surface area contributed by atoms with E-state index in [0.29, 0.717) is 16.3 Å². The van der Waals surface area contributed by atoms with Crippen molar-refractivity contribution in [3.63, 3.8) is 0 Å². The molecule has 236 valence electrons. The van der Waals surface area contributed by atoms with E-state index in [0.717, 1.165) is 21.0 Å². The SMILES string of the molecule is Cc1ccccc1CN(C(=O)CN(c1ccccc1C)S(=O)(=O)c1ccc(Cl)cc1)[C@H](Cc1ccccc1)C(=O)NC(C)(C)C. The molecule has 4 aromatic rings. The van der Waals surface area contributed by atoms with Gasteiger partial charge in [-0.1, -0.05) is 84.4 Å². The number of halogens is 1. The fourth-order valence-corrected chi connectivity index (χ4v) is 6.67. The summed E-state index contributed by atoms with van der Waals surface area (Å²) >= 11 is 6.07. The number of benzene rings is 4. The zero-order valence-corrected chi connectivity index (χ0v) is 27.9. The van der Waals surface area contributed by atoms with Gasteiger partial charge in [-0.05, 0) is 87.2 Å². The van der Waals surface area contributed by atoms with Crippen LogP contribution in [0, 0.1) is 13.8 Å². The molecule has 0 radical (unpaired) electrons. The molecule has 0 aliphatic carbocycles. The topological polar surface area (TPSA) is 86.8 Å². The molecule has 0 unspecified atom stereocenters. The molecule has 7 nitrogen and oxygen atoms in total. The van der Waals surface area contributed by atoms with Gasteiger partial charge in [0.1, 0.15) is 12.6 Å². The number of aryl methyl sites for hydroxylation is 2. The minimum Gasteiger partial charge on any atom is -0.350 e. The highest BCUT2D eigenvalue weighted by atomic mass is 35.5. The van der Waals surface area contributed by atoms with Crippen LogP contribution in [-0.2, 0) is 32.6 Å². The Hall–Kier alpha value is -4.14. The molecule has 1 N–H and O–H groups in total. The summed E-state index contributed by atoms with van der Waals surface area (Å²) in [6.07, 6.45) is 0.245. The summed E-state index contributed by atoms with van der Waals surface area (Å²) < 4.78 is 29.5. The summed E-state index contributed by atoms with van der Waals surface area (Å²) in [5, 5.41) is 3.45. The predicted molar refractivity (Wildman–Crippen MR) is 181 cm³/mol. The first kappa shape index (κ1) is 33.7. The smallest absolute Gasteiger partial charge is 0.264 e. The monoisotopic (exact) mass is 645 g/mol. The number of anilines is 1. The van der Waals surface area contributed by atoms with Crippen LogP contribution in [0.25, 0.3) is 0 Å². The van der Waals surface area contributed by atoms with Crippen LogP contribution < -0.4 is 9.62 Å². The number of carbonyl (C=O) groups is 2. The van der Waals surface area contributed by atoms with E-state index in [2.05, 4.69) is 5.32 Å². The minimum absolute atomic E-state index is 0.000261. The average Bonchev–Trinajstić information content (AvgIpc) is 2.98. The first-order valence-corrected chi connectivity index (χ1v) is 16.6. The van der Waals surface area contributed by atoms with Crippen molar-refractivity contribution in [2.75, 3.05) is 10.8 Å². The Balaban J connectivity index is 1.84. The quantitative estimate of drug-likeness (QED) is 0.197. The third kappa shape index (κ3) is 8.74. The summed E-state index contributed by atoms with van der Waals surface area (Å²) in [6, 6.07) is 29.1. The van der Waals surface area contributed by atoms with Crippen molar-refractivity contribution in [2.45, 2.75) is 64.1 Å². The van der Waals surface area contributed by atoms with Crippen molar-refractivity contribution < 1.29 is 18.0 Å². The van der Waals surface area contributed by atoms with Crippen molar-refractivity contribution in [2.24, 2.45) is 0 Å². The number of nitrogens with zero attached hydrogens (tertiary/aromatic N) is 2. The normalized spacial score (nSPS) is 12.3. The summed E-state index contributed by atoms with van der Waals surface area (Å²) in [4.78, 5) is 30.1. The summed E-state index contributed by atoms with van der Waals surface area (Å²) in [6.45, 7) is 9.00. The van der Waals surface area contributed by atoms with Crippen LogP contribution >= 0.6 is 11.6 Å². The highest BCUT2D eigenvalue weighted by Gasteiger charge is 2.36. The number of amides is 2. The molecule has 2 amide bonds.